The van der Waals surface area contributed by atoms with Crippen molar-refractivity contribution >= 4 is 0 Å². The summed E-state index contributed by atoms with van der Waals surface area (Å²) in [6.45, 7) is 5.91. The normalized spacial score (nSPS) is 12.3. The molecule has 0 saturated carbocycles. The Kier molecular flexibility index (Phi) is 8.24. The van der Waals surface area contributed by atoms with Gasteiger partial charge in [0.2, 0.25) is 0 Å². The van der Waals surface area contributed by atoms with Crippen LogP contribution < -0.4 is 5.32 Å². The summed E-state index contributed by atoms with van der Waals surface area (Å²) in [6, 6.07) is 9.58. The molecule has 0 aliphatic heterocycles. The summed E-state index contributed by atoms with van der Waals surface area (Å²) in [4.78, 5) is 0. The molecule has 1 aromatic carbocycles. The fourth-order valence-electron chi connectivity index (χ4n) is 2.38. The van der Waals surface area contributed by atoms with Crippen LogP contribution in [-0.2, 0) is 6.42 Å². The Morgan fingerprint density at radius 3 is 2.47 bits per heavy atom. The summed E-state index contributed by atoms with van der Waals surface area (Å²) in [5.41, 5.74) is 2.80. The zero-order chi connectivity index (χ0) is 13.9. The van der Waals surface area contributed by atoms with Crippen LogP contribution in [0, 0.1) is 6.92 Å². The van der Waals surface area contributed by atoms with Gasteiger partial charge in [0.25, 0.3) is 0 Å². The average Bonchev–Trinajstić information content (AvgIpc) is 2.44. The van der Waals surface area contributed by atoms with E-state index >= 15 is 0 Å². The number of benzene rings is 1. The van der Waals surface area contributed by atoms with Gasteiger partial charge in [-0.1, -0.05) is 48.7 Å². The zero-order valence-electron chi connectivity index (χ0n) is 12.6. The van der Waals surface area contributed by atoms with Crippen LogP contribution in [-0.4, -0.2) is 13.1 Å². The molecular weight excluding hydrogens is 230 g/mol. The highest BCUT2D eigenvalue weighted by atomic mass is 14.9. The van der Waals surface area contributed by atoms with Crippen molar-refractivity contribution in [1.82, 2.24) is 5.32 Å². The van der Waals surface area contributed by atoms with Crippen LogP contribution >= 0.6 is 0 Å². The number of allylic oxidation sites excluding steroid dienone is 1. The van der Waals surface area contributed by atoms with Gasteiger partial charge in [-0.3, -0.25) is 0 Å². The van der Waals surface area contributed by atoms with E-state index in [0.29, 0.717) is 6.04 Å². The lowest BCUT2D eigenvalue weighted by Gasteiger charge is -2.16. The van der Waals surface area contributed by atoms with E-state index in [9.17, 15) is 0 Å². The van der Waals surface area contributed by atoms with Crippen LogP contribution in [0.3, 0.4) is 0 Å². The fourth-order valence-corrected chi connectivity index (χ4v) is 2.38. The maximum atomic E-state index is 3.77. The Hall–Kier alpha value is -1.08. The monoisotopic (exact) mass is 259 g/mol. The van der Waals surface area contributed by atoms with E-state index < -0.39 is 0 Å². The molecule has 0 heterocycles. The molecular formula is C18H29N. The van der Waals surface area contributed by atoms with E-state index in [1.807, 2.05) is 6.08 Å². The summed E-state index contributed by atoms with van der Waals surface area (Å²) in [6.07, 6.45) is 10.8. The van der Waals surface area contributed by atoms with E-state index in [1.54, 1.807) is 0 Å². The van der Waals surface area contributed by atoms with Gasteiger partial charge in [-0.15, -0.1) is 6.58 Å². The van der Waals surface area contributed by atoms with Crippen molar-refractivity contribution in [1.29, 1.82) is 0 Å². The lowest BCUT2D eigenvalue weighted by atomic mass is 9.99. The summed E-state index contributed by atoms with van der Waals surface area (Å²) in [5.74, 6) is 0. The first kappa shape index (κ1) is 16.0. The predicted molar refractivity (Wildman–Crippen MR) is 85.6 cm³/mol. The second-order valence-corrected chi connectivity index (χ2v) is 5.44. The lowest BCUT2D eigenvalue weighted by Crippen LogP contribution is -2.25. The molecule has 0 spiro atoms. The van der Waals surface area contributed by atoms with Crippen molar-refractivity contribution in [2.24, 2.45) is 0 Å². The molecule has 0 bridgehead atoms. The van der Waals surface area contributed by atoms with Gasteiger partial charge < -0.3 is 5.32 Å². The number of rotatable bonds is 10. The third-order valence-corrected chi connectivity index (χ3v) is 3.77. The minimum absolute atomic E-state index is 0.657. The van der Waals surface area contributed by atoms with Gasteiger partial charge in [-0.05, 0) is 51.6 Å². The molecule has 1 N–H and O–H groups in total. The number of unbranched alkanes of at least 4 members (excludes halogenated alkanes) is 3. The molecule has 1 rings (SSSR count). The molecule has 0 amide bonds. The Bertz CT molecular complexity index is 339. The average molecular weight is 259 g/mol. The summed E-state index contributed by atoms with van der Waals surface area (Å²) in [5, 5.41) is 3.45. The van der Waals surface area contributed by atoms with Crippen molar-refractivity contribution in [2.75, 3.05) is 7.05 Å². The smallest absolute Gasteiger partial charge is 0.00672 e. The highest BCUT2D eigenvalue weighted by Crippen LogP contribution is 2.12. The zero-order valence-corrected chi connectivity index (χ0v) is 12.6. The van der Waals surface area contributed by atoms with Gasteiger partial charge in [-0.25, -0.2) is 0 Å². The fraction of sp³-hybridized carbons (Fsp3) is 0.556. The molecule has 106 valence electrons. The molecule has 1 heteroatoms. The Morgan fingerprint density at radius 1 is 1.11 bits per heavy atom. The topological polar surface area (TPSA) is 12.0 Å². The quantitative estimate of drug-likeness (QED) is 0.476. The summed E-state index contributed by atoms with van der Waals surface area (Å²) >= 11 is 0. The number of aryl methyl sites for hydroxylation is 2. The van der Waals surface area contributed by atoms with Crippen molar-refractivity contribution in [3.63, 3.8) is 0 Å². The molecule has 0 radical (unpaired) electrons. The lowest BCUT2D eigenvalue weighted by molar-refractivity contribution is 0.463. The third kappa shape index (κ3) is 7.17. The van der Waals surface area contributed by atoms with E-state index in [1.165, 1.54) is 49.7 Å². The van der Waals surface area contributed by atoms with Gasteiger partial charge >= 0.3 is 0 Å². The first-order valence-corrected chi connectivity index (χ1v) is 7.60. The van der Waals surface area contributed by atoms with Crippen LogP contribution in [0.1, 0.15) is 49.7 Å². The minimum atomic E-state index is 0.657. The summed E-state index contributed by atoms with van der Waals surface area (Å²) < 4.78 is 0. The molecule has 1 nitrogen and oxygen atoms in total. The predicted octanol–water partition coefficient (Wildman–Crippen LogP) is 4.65. The first-order chi connectivity index (χ1) is 9.26. The van der Waals surface area contributed by atoms with Crippen LogP contribution in [0.25, 0.3) is 0 Å². The minimum Gasteiger partial charge on any atom is -0.317 e. The van der Waals surface area contributed by atoms with Gasteiger partial charge in [0.15, 0.2) is 0 Å². The molecule has 0 fully saturated rings. The van der Waals surface area contributed by atoms with E-state index in [4.69, 9.17) is 0 Å². The highest BCUT2D eigenvalue weighted by Gasteiger charge is 2.06. The molecule has 1 atom stereocenters. The molecule has 0 saturated heterocycles. The Balaban J connectivity index is 2.20. The molecule has 1 aromatic rings. The van der Waals surface area contributed by atoms with Crippen molar-refractivity contribution in [3.05, 3.63) is 48.0 Å². The third-order valence-electron chi connectivity index (χ3n) is 3.77. The first-order valence-electron chi connectivity index (χ1n) is 7.60. The van der Waals surface area contributed by atoms with Gasteiger partial charge in [-0.2, -0.15) is 0 Å². The Labute approximate surface area is 119 Å². The maximum Gasteiger partial charge on any atom is 0.00672 e. The Morgan fingerprint density at radius 2 is 1.84 bits per heavy atom. The second kappa shape index (κ2) is 9.80. The molecule has 0 aliphatic carbocycles. The van der Waals surface area contributed by atoms with Crippen molar-refractivity contribution in [3.8, 4) is 0 Å². The molecule has 0 aromatic heterocycles. The standard InChI is InChI=1S/C18H29N/c1-4-5-6-7-8-9-18(19-3)15-14-17-12-10-16(2)11-13-17/h4,10-13,18-19H,1,5-9,14-15H2,2-3H3. The maximum absolute atomic E-state index is 3.77. The van der Waals surface area contributed by atoms with Crippen molar-refractivity contribution < 1.29 is 0 Å². The molecule has 19 heavy (non-hydrogen) atoms. The highest BCUT2D eigenvalue weighted by molar-refractivity contribution is 5.21. The molecule has 0 aliphatic rings. The SMILES string of the molecule is C=CCCCCCC(CCc1ccc(C)cc1)NC. The van der Waals surface area contributed by atoms with Gasteiger partial charge in [0, 0.05) is 6.04 Å². The van der Waals surface area contributed by atoms with Crippen LogP contribution in [0.4, 0.5) is 0 Å². The van der Waals surface area contributed by atoms with Crippen LogP contribution in [0.5, 0.6) is 0 Å². The van der Waals surface area contributed by atoms with E-state index in [2.05, 4.69) is 50.1 Å². The molecule has 1 unspecified atom stereocenters. The van der Waals surface area contributed by atoms with Crippen molar-refractivity contribution in [2.45, 2.75) is 57.9 Å². The second-order valence-electron chi connectivity index (χ2n) is 5.44. The van der Waals surface area contributed by atoms with Crippen LogP contribution in [0.15, 0.2) is 36.9 Å². The van der Waals surface area contributed by atoms with Gasteiger partial charge in [0.1, 0.15) is 0 Å². The van der Waals surface area contributed by atoms with E-state index in [0.717, 1.165) is 6.42 Å². The number of hydrogen-bond donors (Lipinski definition) is 1. The number of hydrogen-bond acceptors (Lipinski definition) is 1. The van der Waals surface area contributed by atoms with E-state index in [-0.39, 0.29) is 0 Å². The largest absolute Gasteiger partial charge is 0.317 e. The number of nitrogens with one attached hydrogen (secondary N) is 1. The van der Waals surface area contributed by atoms with Gasteiger partial charge in [0.05, 0.1) is 0 Å². The summed E-state index contributed by atoms with van der Waals surface area (Å²) in [7, 11) is 2.09. The van der Waals surface area contributed by atoms with Crippen LogP contribution in [0.2, 0.25) is 0 Å².